The van der Waals surface area contributed by atoms with Crippen molar-refractivity contribution in [2.45, 2.75) is 5.60 Å². The maximum absolute atomic E-state index is 13.8. The minimum absolute atomic E-state index is 0.112. The van der Waals surface area contributed by atoms with E-state index in [1.165, 1.54) is 0 Å². The fourth-order valence-electron chi connectivity index (χ4n) is 6.14. The summed E-state index contributed by atoms with van der Waals surface area (Å²) in [6.07, 6.45) is 0. The zero-order valence-electron chi connectivity index (χ0n) is 23.7. The van der Waals surface area contributed by atoms with Crippen LogP contribution in [-0.2, 0) is 10.3 Å². The third-order valence-corrected chi connectivity index (χ3v) is 8.14. The molecule has 4 nitrogen and oxygen atoms in total. The Hall–Kier alpha value is -5.87. The highest BCUT2D eigenvalue weighted by Crippen LogP contribution is 2.49. The minimum atomic E-state index is -1.26. The number of fused-ring (bicyclic) bond motifs is 1. The van der Waals surface area contributed by atoms with Crippen molar-refractivity contribution in [3.63, 3.8) is 0 Å². The zero-order chi connectivity index (χ0) is 30.1. The van der Waals surface area contributed by atoms with Gasteiger partial charge in [-0.1, -0.05) is 127 Å². The van der Waals surface area contributed by atoms with Crippen molar-refractivity contribution in [2.75, 3.05) is 0 Å². The number of ether oxygens (including phenoxy) is 1. The molecule has 0 unspecified atom stereocenters. The Morgan fingerprint density at radius 1 is 0.477 bits per heavy atom. The van der Waals surface area contributed by atoms with Crippen molar-refractivity contribution < 1.29 is 19.7 Å². The van der Waals surface area contributed by atoms with Crippen molar-refractivity contribution in [3.8, 4) is 11.5 Å². The van der Waals surface area contributed by atoms with Crippen molar-refractivity contribution in [2.24, 2.45) is 0 Å². The van der Waals surface area contributed by atoms with Gasteiger partial charge < -0.3 is 14.9 Å². The number of hydrogen-bond donors (Lipinski definition) is 2. The molecule has 0 saturated heterocycles. The Kier molecular flexibility index (Phi) is 6.80. The first-order chi connectivity index (χ1) is 21.5. The first kappa shape index (κ1) is 27.0. The second-order valence-corrected chi connectivity index (χ2v) is 10.8. The van der Waals surface area contributed by atoms with Gasteiger partial charge in [-0.3, -0.25) is 0 Å². The van der Waals surface area contributed by atoms with Crippen LogP contribution in [0.1, 0.15) is 49.3 Å². The van der Waals surface area contributed by atoms with Crippen LogP contribution in [0, 0.1) is 0 Å². The number of phenols is 2. The van der Waals surface area contributed by atoms with Gasteiger partial charge in [-0.25, -0.2) is 4.79 Å². The highest BCUT2D eigenvalue weighted by Gasteiger charge is 2.48. The van der Waals surface area contributed by atoms with Crippen molar-refractivity contribution in [1.29, 1.82) is 0 Å². The molecule has 0 fully saturated rings. The molecular weight excluding hydrogens is 544 g/mol. The SMILES string of the molecule is O=C1OC(c2ccc(O)cc2)(c2ccc(O)cc2)c2ccc(C(=C(c3ccccc3)c3ccccc3)c3ccccc3)cc21. The molecule has 0 amide bonds. The van der Waals surface area contributed by atoms with Gasteiger partial charge in [0.25, 0.3) is 0 Å². The largest absolute Gasteiger partial charge is 0.508 e. The van der Waals surface area contributed by atoms with Gasteiger partial charge >= 0.3 is 5.97 Å². The van der Waals surface area contributed by atoms with E-state index < -0.39 is 11.6 Å². The van der Waals surface area contributed by atoms with Crippen LogP contribution < -0.4 is 0 Å². The number of cyclic esters (lactones) is 1. The number of carbonyl (C=O) groups excluding carboxylic acids is 1. The number of hydrogen-bond acceptors (Lipinski definition) is 4. The van der Waals surface area contributed by atoms with Crippen LogP contribution in [-0.4, -0.2) is 16.2 Å². The van der Waals surface area contributed by atoms with E-state index in [0.717, 1.165) is 33.4 Å². The molecule has 4 heteroatoms. The third-order valence-electron chi connectivity index (χ3n) is 8.14. The van der Waals surface area contributed by atoms with Gasteiger partial charge in [0, 0.05) is 16.7 Å². The Bertz CT molecular complexity index is 1890. The molecule has 1 aliphatic heterocycles. The van der Waals surface area contributed by atoms with E-state index in [1.54, 1.807) is 48.5 Å². The van der Waals surface area contributed by atoms with Gasteiger partial charge in [0.1, 0.15) is 11.5 Å². The molecule has 7 rings (SSSR count). The molecule has 1 aliphatic rings. The van der Waals surface area contributed by atoms with Crippen molar-refractivity contribution >= 4 is 17.1 Å². The second kappa shape index (κ2) is 11.1. The summed E-state index contributed by atoms with van der Waals surface area (Å²) in [4.78, 5) is 13.8. The van der Waals surface area contributed by atoms with Gasteiger partial charge in [-0.15, -0.1) is 0 Å². The summed E-state index contributed by atoms with van der Waals surface area (Å²) >= 11 is 0. The highest BCUT2D eigenvalue weighted by atomic mass is 16.6. The number of benzene rings is 6. The van der Waals surface area contributed by atoms with Crippen LogP contribution in [0.15, 0.2) is 158 Å². The van der Waals surface area contributed by atoms with Crippen LogP contribution in [0.4, 0.5) is 0 Å². The molecule has 0 radical (unpaired) electrons. The maximum Gasteiger partial charge on any atom is 0.340 e. The number of esters is 1. The molecule has 0 aromatic heterocycles. The smallest absolute Gasteiger partial charge is 0.340 e. The molecule has 212 valence electrons. The molecule has 44 heavy (non-hydrogen) atoms. The van der Waals surface area contributed by atoms with E-state index in [4.69, 9.17) is 4.74 Å². The topological polar surface area (TPSA) is 66.8 Å². The summed E-state index contributed by atoms with van der Waals surface area (Å²) in [7, 11) is 0. The van der Waals surface area contributed by atoms with Gasteiger partial charge in [-0.2, -0.15) is 0 Å². The number of carbonyl (C=O) groups is 1. The average molecular weight is 573 g/mol. The van der Waals surface area contributed by atoms with E-state index in [1.807, 2.05) is 72.8 Å². The fraction of sp³-hybridized carbons (Fsp3) is 0.0250. The lowest BCUT2D eigenvalue weighted by Gasteiger charge is -2.30. The quantitative estimate of drug-likeness (QED) is 0.155. The van der Waals surface area contributed by atoms with E-state index in [-0.39, 0.29) is 11.5 Å². The molecule has 2 N–H and O–H groups in total. The zero-order valence-corrected chi connectivity index (χ0v) is 23.7. The van der Waals surface area contributed by atoms with Crippen LogP contribution in [0.25, 0.3) is 11.1 Å². The van der Waals surface area contributed by atoms with E-state index in [0.29, 0.717) is 22.3 Å². The lowest BCUT2D eigenvalue weighted by molar-refractivity contribution is 0.0251. The maximum atomic E-state index is 13.8. The predicted octanol–water partition coefficient (Wildman–Crippen LogP) is 8.57. The molecule has 0 spiro atoms. The van der Waals surface area contributed by atoms with Crippen molar-refractivity contribution in [3.05, 3.63) is 202 Å². The summed E-state index contributed by atoms with van der Waals surface area (Å²) in [5.74, 6) is -0.223. The van der Waals surface area contributed by atoms with Gasteiger partial charge in [-0.05, 0) is 63.7 Å². The van der Waals surface area contributed by atoms with Gasteiger partial charge in [0.2, 0.25) is 0 Å². The molecule has 6 aromatic rings. The molecule has 1 heterocycles. The Morgan fingerprint density at radius 3 is 1.32 bits per heavy atom. The molecular formula is C40H28O4. The monoisotopic (exact) mass is 572 g/mol. The highest BCUT2D eigenvalue weighted by molar-refractivity contribution is 6.06. The fourth-order valence-corrected chi connectivity index (χ4v) is 6.14. The van der Waals surface area contributed by atoms with E-state index in [9.17, 15) is 15.0 Å². The van der Waals surface area contributed by atoms with Crippen LogP contribution >= 0.6 is 0 Å². The van der Waals surface area contributed by atoms with Crippen molar-refractivity contribution in [1.82, 2.24) is 0 Å². The number of rotatable bonds is 6. The molecule has 0 bridgehead atoms. The van der Waals surface area contributed by atoms with E-state index in [2.05, 4.69) is 36.4 Å². The van der Waals surface area contributed by atoms with Crippen LogP contribution in [0.5, 0.6) is 11.5 Å². The minimum Gasteiger partial charge on any atom is -0.508 e. The molecule has 6 aromatic carbocycles. The Labute approximate surface area is 255 Å². The number of aromatic hydroxyl groups is 2. The predicted molar refractivity (Wildman–Crippen MR) is 172 cm³/mol. The molecule has 0 saturated carbocycles. The summed E-state index contributed by atoms with van der Waals surface area (Å²) in [6, 6.07) is 50.1. The van der Waals surface area contributed by atoms with Crippen LogP contribution in [0.2, 0.25) is 0 Å². The summed E-state index contributed by atoms with van der Waals surface area (Å²) in [6.45, 7) is 0. The first-order valence-corrected chi connectivity index (χ1v) is 14.4. The summed E-state index contributed by atoms with van der Waals surface area (Å²) in [5.41, 5.74) is 7.32. The molecule has 0 aliphatic carbocycles. The van der Waals surface area contributed by atoms with Gasteiger partial charge in [0.05, 0.1) is 5.56 Å². The van der Waals surface area contributed by atoms with E-state index >= 15 is 0 Å². The Balaban J connectivity index is 1.51. The standard InChI is InChI=1S/C40H28O4/c41-33-21-17-31(18-22-33)40(32-19-23-34(42)24-20-32)36-25-16-30(26-35(36)39(43)44-40)38(29-14-8-3-9-15-29)37(27-10-4-1-5-11-27)28-12-6-2-7-13-28/h1-26,41-42H. The summed E-state index contributed by atoms with van der Waals surface area (Å²) in [5, 5.41) is 20.1. The number of phenolic OH excluding ortho intramolecular Hbond substituents is 2. The lowest BCUT2D eigenvalue weighted by atomic mass is 9.78. The van der Waals surface area contributed by atoms with Gasteiger partial charge in [0.15, 0.2) is 5.60 Å². The van der Waals surface area contributed by atoms with Crippen LogP contribution in [0.3, 0.4) is 0 Å². The Morgan fingerprint density at radius 2 is 0.886 bits per heavy atom. The average Bonchev–Trinajstić information content (AvgIpc) is 3.37. The third kappa shape index (κ3) is 4.63. The normalized spacial score (nSPS) is 13.1. The molecule has 0 atom stereocenters. The first-order valence-electron chi connectivity index (χ1n) is 14.4. The summed E-state index contributed by atoms with van der Waals surface area (Å²) < 4.78 is 6.32. The second-order valence-electron chi connectivity index (χ2n) is 10.8. The lowest BCUT2D eigenvalue weighted by Crippen LogP contribution is -2.29.